The van der Waals surface area contributed by atoms with E-state index in [1.807, 2.05) is 91.0 Å². The molecule has 6 heterocycles. The molecular formula is C57H28B3N5O4. The van der Waals surface area contributed by atoms with Gasteiger partial charge in [-0.15, -0.1) is 0 Å². The van der Waals surface area contributed by atoms with Crippen molar-refractivity contribution in [1.82, 2.24) is 0 Å². The zero-order chi connectivity index (χ0) is 45.6. The van der Waals surface area contributed by atoms with Gasteiger partial charge in [-0.05, 0) is 116 Å². The number of hydrogen-bond donors (Lipinski definition) is 0. The lowest BCUT2D eigenvalue weighted by molar-refractivity contribution is 0.464. The summed E-state index contributed by atoms with van der Waals surface area (Å²) in [5.74, 6) is 5.23. The van der Waals surface area contributed by atoms with Crippen LogP contribution in [0.4, 0.5) is 34.1 Å². The highest BCUT2D eigenvalue weighted by molar-refractivity contribution is 7.03. The van der Waals surface area contributed by atoms with E-state index in [0.717, 1.165) is 94.8 Å². The smallest absolute Gasteiger partial charge is 0.260 e. The highest BCUT2D eigenvalue weighted by Gasteiger charge is 2.49. The Balaban J connectivity index is 1.03. The molecule has 69 heavy (non-hydrogen) atoms. The first-order valence-corrected chi connectivity index (χ1v) is 22.7. The second-order valence-corrected chi connectivity index (χ2v) is 18.1. The van der Waals surface area contributed by atoms with Gasteiger partial charge in [0.05, 0.1) is 34.9 Å². The van der Waals surface area contributed by atoms with Gasteiger partial charge in [-0.2, -0.15) is 15.8 Å². The van der Waals surface area contributed by atoms with E-state index in [-0.39, 0.29) is 20.1 Å². The summed E-state index contributed by atoms with van der Waals surface area (Å²) < 4.78 is 27.3. The molecule has 0 bridgehead atoms. The van der Waals surface area contributed by atoms with Gasteiger partial charge in [0.1, 0.15) is 46.0 Å². The molecule has 0 fully saturated rings. The number of hydrogen-bond acceptors (Lipinski definition) is 9. The van der Waals surface area contributed by atoms with Gasteiger partial charge in [0.15, 0.2) is 0 Å². The quantitative estimate of drug-likeness (QED) is 0.172. The standard InChI is InChI=1S/C57H28B3N5O4/c61-29-32-19-45-55-51(21-32)66-47-17-9-7-15-37(47)58(55)39-25-42-50(27-43(39)64(45)35-11-3-1-4-12-35)68-52-22-33(30-62)20-46-56(52)60(42)40-26-41-49(28-44(40)65(46)36-13-5-2-6-14-36)69-54-24-34(31-63)23-53-57(54)59(41)38-16-8-10-18-48(38)67-53/h1-28H. The Hall–Kier alpha value is -9.56. The molecule has 9 aromatic carbocycles. The molecule has 6 aliphatic rings. The molecule has 15 rings (SSSR count). The second kappa shape index (κ2) is 13.7. The van der Waals surface area contributed by atoms with Crippen LogP contribution in [0.5, 0.6) is 46.0 Å². The third-order valence-electron chi connectivity index (χ3n) is 14.5. The van der Waals surface area contributed by atoms with E-state index in [1.54, 1.807) is 12.1 Å². The molecule has 0 atom stereocenters. The van der Waals surface area contributed by atoms with Crippen molar-refractivity contribution in [2.75, 3.05) is 9.80 Å². The SMILES string of the molecule is N#Cc1cc2c3c(c1)Oc1cc4c(cc1B3c1ccccc1O2)B1c2cc3c(cc2Oc2cc(C#N)cc(c21)N4c1ccccc1)N(c1ccccc1)c1cc(C#N)cc2c1B3c1ccccc1O2. The minimum atomic E-state index is -0.365. The lowest BCUT2D eigenvalue weighted by atomic mass is 9.29. The maximum absolute atomic E-state index is 10.7. The number of para-hydroxylation sites is 4. The van der Waals surface area contributed by atoms with Crippen molar-refractivity contribution in [1.29, 1.82) is 15.8 Å². The number of nitriles is 3. The summed E-state index contributed by atoms with van der Waals surface area (Å²) in [7, 11) is 0. The van der Waals surface area contributed by atoms with Crippen LogP contribution in [0.1, 0.15) is 16.7 Å². The number of fused-ring (bicyclic) bond motifs is 12. The van der Waals surface area contributed by atoms with Gasteiger partial charge < -0.3 is 28.7 Å². The predicted molar refractivity (Wildman–Crippen MR) is 270 cm³/mol. The fourth-order valence-corrected chi connectivity index (χ4v) is 11.8. The average molecular weight is 879 g/mol. The summed E-state index contributed by atoms with van der Waals surface area (Å²) >= 11 is 0. The summed E-state index contributed by atoms with van der Waals surface area (Å²) in [6, 6.07) is 63.9. The zero-order valence-electron chi connectivity index (χ0n) is 36.3. The topological polar surface area (TPSA) is 115 Å². The average Bonchev–Trinajstić information content (AvgIpc) is 3.39. The third-order valence-corrected chi connectivity index (χ3v) is 14.5. The van der Waals surface area contributed by atoms with Gasteiger partial charge in [-0.1, -0.05) is 84.9 Å². The number of benzene rings is 9. The molecule has 9 aromatic rings. The molecule has 0 aliphatic carbocycles. The highest BCUT2D eigenvalue weighted by atomic mass is 16.5. The maximum atomic E-state index is 10.7. The molecule has 9 nitrogen and oxygen atoms in total. The van der Waals surface area contributed by atoms with E-state index in [1.165, 1.54) is 0 Å². The summed E-state index contributed by atoms with van der Waals surface area (Å²) in [4.78, 5) is 4.43. The summed E-state index contributed by atoms with van der Waals surface area (Å²) in [6.45, 7) is -0.874. The van der Waals surface area contributed by atoms with Gasteiger partial charge in [-0.25, -0.2) is 0 Å². The fourth-order valence-electron chi connectivity index (χ4n) is 11.8. The molecule has 12 heteroatoms. The van der Waals surface area contributed by atoms with Crippen LogP contribution < -0.4 is 77.9 Å². The molecule has 0 N–H and O–H groups in total. The summed E-state index contributed by atoms with van der Waals surface area (Å²) in [5, 5.41) is 31.2. The first-order valence-electron chi connectivity index (χ1n) is 22.7. The Bertz CT molecular complexity index is 3960. The molecule has 0 radical (unpaired) electrons. The Kier molecular flexibility index (Phi) is 7.50. The summed E-state index contributed by atoms with van der Waals surface area (Å²) in [5.41, 5.74) is 15.6. The van der Waals surface area contributed by atoms with Crippen molar-refractivity contribution in [3.8, 4) is 64.2 Å². The van der Waals surface area contributed by atoms with Crippen LogP contribution in [0.3, 0.4) is 0 Å². The summed E-state index contributed by atoms with van der Waals surface area (Å²) in [6.07, 6.45) is 0. The van der Waals surface area contributed by atoms with Crippen LogP contribution in [0, 0.1) is 34.0 Å². The van der Waals surface area contributed by atoms with Crippen LogP contribution in [-0.2, 0) is 0 Å². The van der Waals surface area contributed by atoms with Crippen molar-refractivity contribution in [2.24, 2.45) is 0 Å². The first-order chi connectivity index (χ1) is 34.0. The zero-order valence-corrected chi connectivity index (χ0v) is 36.3. The van der Waals surface area contributed by atoms with Gasteiger partial charge in [0, 0.05) is 51.7 Å². The number of anilines is 6. The van der Waals surface area contributed by atoms with E-state index in [4.69, 9.17) is 18.9 Å². The van der Waals surface area contributed by atoms with Gasteiger partial charge in [-0.3, -0.25) is 0 Å². The Morgan fingerprint density at radius 2 is 0.667 bits per heavy atom. The van der Waals surface area contributed by atoms with E-state index in [2.05, 4.69) is 94.7 Å². The van der Waals surface area contributed by atoms with Crippen LogP contribution in [0.15, 0.2) is 170 Å². The molecule has 0 saturated carbocycles. The van der Waals surface area contributed by atoms with Crippen molar-refractivity contribution in [3.63, 3.8) is 0 Å². The number of nitrogens with zero attached hydrogens (tertiary/aromatic N) is 5. The third kappa shape index (κ3) is 5.13. The minimum Gasteiger partial charge on any atom is -0.458 e. The Labute approximate surface area is 397 Å². The lowest BCUT2D eigenvalue weighted by Gasteiger charge is -2.43. The first kappa shape index (κ1) is 37.6. The molecule has 0 spiro atoms. The lowest BCUT2D eigenvalue weighted by Crippen LogP contribution is -2.64. The molecular weight excluding hydrogens is 851 g/mol. The maximum Gasteiger partial charge on any atom is 0.260 e. The molecule has 0 saturated heterocycles. The molecule has 0 aromatic heterocycles. The Morgan fingerprint density at radius 1 is 0.304 bits per heavy atom. The number of rotatable bonds is 2. The largest absolute Gasteiger partial charge is 0.458 e. The van der Waals surface area contributed by atoms with Gasteiger partial charge in [0.2, 0.25) is 0 Å². The predicted octanol–water partition coefficient (Wildman–Crippen LogP) is 6.84. The normalized spacial score (nSPS) is 13.8. The molecule has 0 amide bonds. The van der Waals surface area contributed by atoms with Crippen LogP contribution in [0.25, 0.3) is 0 Å². The second-order valence-electron chi connectivity index (χ2n) is 18.1. The van der Waals surface area contributed by atoms with Crippen molar-refractivity contribution in [2.45, 2.75) is 0 Å². The van der Waals surface area contributed by atoms with Crippen molar-refractivity contribution >= 4 is 103 Å². The van der Waals surface area contributed by atoms with Crippen molar-refractivity contribution < 1.29 is 18.9 Å². The van der Waals surface area contributed by atoms with E-state index >= 15 is 0 Å². The van der Waals surface area contributed by atoms with Crippen molar-refractivity contribution in [3.05, 3.63) is 187 Å². The highest BCUT2D eigenvalue weighted by Crippen LogP contribution is 2.47. The minimum absolute atomic E-state index is 0.248. The van der Waals surface area contributed by atoms with Crippen LogP contribution in [0.2, 0.25) is 0 Å². The van der Waals surface area contributed by atoms with Crippen LogP contribution >= 0.6 is 0 Å². The molecule has 6 aliphatic heterocycles. The van der Waals surface area contributed by atoms with Gasteiger partial charge >= 0.3 is 0 Å². The fraction of sp³-hybridized carbons (Fsp3) is 0. The van der Waals surface area contributed by atoms with E-state index in [9.17, 15) is 15.8 Å². The number of ether oxygens (including phenoxy) is 4. The molecule has 314 valence electrons. The molecule has 0 unspecified atom stereocenters. The van der Waals surface area contributed by atoms with E-state index in [0.29, 0.717) is 51.2 Å². The Morgan fingerprint density at radius 3 is 1.12 bits per heavy atom. The van der Waals surface area contributed by atoms with E-state index < -0.39 is 0 Å². The van der Waals surface area contributed by atoms with Crippen LogP contribution in [-0.4, -0.2) is 20.1 Å². The monoisotopic (exact) mass is 879 g/mol. The van der Waals surface area contributed by atoms with Gasteiger partial charge in [0.25, 0.3) is 20.1 Å².